The van der Waals surface area contributed by atoms with Gasteiger partial charge in [0.25, 0.3) is 0 Å². The summed E-state index contributed by atoms with van der Waals surface area (Å²) in [6, 6.07) is 17.9. The Balaban J connectivity index is 1.24. The van der Waals surface area contributed by atoms with Crippen LogP contribution in [-0.4, -0.2) is 27.0 Å². The van der Waals surface area contributed by atoms with Crippen molar-refractivity contribution in [3.63, 3.8) is 0 Å². The lowest BCUT2D eigenvalue weighted by molar-refractivity contribution is -0.227. The van der Waals surface area contributed by atoms with E-state index >= 15 is 0 Å². The molecule has 0 aliphatic heterocycles. The predicted octanol–water partition coefficient (Wildman–Crippen LogP) is 5.75. The predicted molar refractivity (Wildman–Crippen MR) is 140 cm³/mol. The van der Waals surface area contributed by atoms with Gasteiger partial charge in [0, 0.05) is 5.41 Å². The van der Waals surface area contributed by atoms with E-state index in [2.05, 4.69) is 13.8 Å². The maximum absolute atomic E-state index is 12.4. The second-order valence-electron chi connectivity index (χ2n) is 12.5. The van der Waals surface area contributed by atoms with Crippen LogP contribution in [0, 0.1) is 28.6 Å². The van der Waals surface area contributed by atoms with Gasteiger partial charge in [-0.05, 0) is 97.5 Å². The lowest BCUT2D eigenvalue weighted by atomic mass is 9.42. The first kappa shape index (κ1) is 24.2. The summed E-state index contributed by atoms with van der Waals surface area (Å²) in [7, 11) is 0. The zero-order valence-electron chi connectivity index (χ0n) is 21.6. The molecule has 192 valence electrons. The van der Waals surface area contributed by atoms with Crippen molar-refractivity contribution in [3.8, 4) is 5.75 Å². The van der Waals surface area contributed by atoms with Gasteiger partial charge in [-0.2, -0.15) is 0 Å². The smallest absolute Gasteiger partial charge is 0.119 e. The lowest BCUT2D eigenvalue weighted by Gasteiger charge is -2.64. The van der Waals surface area contributed by atoms with Crippen molar-refractivity contribution in [2.45, 2.75) is 82.7 Å². The molecule has 2 aromatic rings. The molecule has 6 rings (SSSR count). The Bertz CT molecular complexity index is 1130. The number of rotatable bonds is 4. The zero-order valence-corrected chi connectivity index (χ0v) is 21.6. The second-order valence-corrected chi connectivity index (χ2v) is 12.5. The molecule has 0 aromatic heterocycles. The van der Waals surface area contributed by atoms with Crippen LogP contribution in [0.4, 0.5) is 0 Å². The minimum Gasteiger partial charge on any atom is -0.489 e. The van der Waals surface area contributed by atoms with E-state index in [1.807, 2.05) is 66.7 Å². The summed E-state index contributed by atoms with van der Waals surface area (Å²) >= 11 is 0. The third kappa shape index (κ3) is 3.37. The molecule has 0 spiro atoms. The molecule has 0 bridgehead atoms. The van der Waals surface area contributed by atoms with E-state index < -0.39 is 16.6 Å². The summed E-state index contributed by atoms with van der Waals surface area (Å²) in [5.41, 5.74) is -0.883. The highest BCUT2D eigenvalue weighted by Gasteiger charge is 2.70. The molecule has 2 aromatic carbocycles. The minimum absolute atomic E-state index is 0.131. The average Bonchev–Trinajstić information content (AvgIpc) is 3.11. The molecule has 4 aliphatic rings. The van der Waals surface area contributed by atoms with Crippen LogP contribution in [0.3, 0.4) is 0 Å². The normalized spacial score (nSPS) is 43.4. The van der Waals surface area contributed by atoms with Gasteiger partial charge in [-0.15, -0.1) is 0 Å². The van der Waals surface area contributed by atoms with Gasteiger partial charge < -0.3 is 20.1 Å². The molecule has 4 aliphatic carbocycles. The summed E-state index contributed by atoms with van der Waals surface area (Å²) in [6.45, 7) is 5.00. The number of ether oxygens (including phenoxy) is 1. The van der Waals surface area contributed by atoms with Crippen molar-refractivity contribution < 1.29 is 20.1 Å². The minimum atomic E-state index is -1.23. The highest BCUT2D eigenvalue weighted by molar-refractivity contribution is 5.43. The number of fused-ring (bicyclic) bond motifs is 5. The highest BCUT2D eigenvalue weighted by atomic mass is 16.5. The number of hydrogen-bond acceptors (Lipinski definition) is 4. The van der Waals surface area contributed by atoms with Crippen molar-refractivity contribution in [2.75, 3.05) is 0 Å². The number of hydrogen-bond donors (Lipinski definition) is 3. The molecular formula is C32H40O4. The largest absolute Gasteiger partial charge is 0.489 e. The van der Waals surface area contributed by atoms with Gasteiger partial charge in [-0.1, -0.05) is 62.4 Å². The number of benzene rings is 2. The fraction of sp³-hybridized carbons (Fsp3) is 0.562. The van der Waals surface area contributed by atoms with Gasteiger partial charge >= 0.3 is 0 Å². The topological polar surface area (TPSA) is 69.9 Å². The van der Waals surface area contributed by atoms with E-state index in [0.717, 1.165) is 61.8 Å². The van der Waals surface area contributed by atoms with Crippen LogP contribution in [0.2, 0.25) is 0 Å². The van der Waals surface area contributed by atoms with Crippen molar-refractivity contribution in [3.05, 3.63) is 77.9 Å². The highest BCUT2D eigenvalue weighted by Crippen LogP contribution is 2.69. The SMILES string of the molecule is C[C@]12CCC(O)CC1CC[C@@H]1[C@H]2CC[C@]2(C)C(O)(c3ccc(OCc4ccccc4)cc3)C=C[C@@]12O. The average molecular weight is 489 g/mol. The molecule has 0 saturated heterocycles. The number of aliphatic hydroxyl groups excluding tert-OH is 1. The van der Waals surface area contributed by atoms with Crippen molar-refractivity contribution in [1.82, 2.24) is 0 Å². The molecule has 4 heteroatoms. The Hall–Kier alpha value is -2.14. The van der Waals surface area contributed by atoms with Crippen molar-refractivity contribution in [2.24, 2.45) is 28.6 Å². The van der Waals surface area contributed by atoms with E-state index in [1.54, 1.807) is 0 Å². The van der Waals surface area contributed by atoms with E-state index in [1.165, 1.54) is 0 Å². The van der Waals surface area contributed by atoms with Gasteiger partial charge in [0.05, 0.1) is 11.7 Å². The first-order valence-corrected chi connectivity index (χ1v) is 13.8. The fourth-order valence-electron chi connectivity index (χ4n) is 8.68. The molecule has 8 atom stereocenters. The first-order valence-electron chi connectivity index (χ1n) is 13.8. The Morgan fingerprint density at radius 3 is 2.33 bits per heavy atom. The third-order valence-electron chi connectivity index (χ3n) is 11.0. The standard InChI is InChI=1S/C32H40O4/c1-29-16-14-25(33)20-24(29)10-13-28-27(29)15-17-30(2)31(34,18-19-32(28,30)35)23-8-11-26(12-9-23)36-21-22-6-4-3-5-7-22/h3-9,11-12,18-19,24-25,27-28,33-35H,10,13-17,20-21H2,1-2H3/t24?,25?,27-,28-,29+,30-,31?,32-/m1/s1. The van der Waals surface area contributed by atoms with Crippen molar-refractivity contribution >= 4 is 0 Å². The molecule has 36 heavy (non-hydrogen) atoms. The van der Waals surface area contributed by atoms with Gasteiger partial charge in [0.15, 0.2) is 0 Å². The zero-order chi connectivity index (χ0) is 25.2. The monoisotopic (exact) mass is 488 g/mol. The summed E-state index contributed by atoms with van der Waals surface area (Å²) in [5.74, 6) is 1.85. The second kappa shape index (κ2) is 8.44. The lowest BCUT2D eigenvalue weighted by Crippen LogP contribution is -2.65. The summed E-state index contributed by atoms with van der Waals surface area (Å²) in [4.78, 5) is 0. The van der Waals surface area contributed by atoms with Crippen LogP contribution >= 0.6 is 0 Å². The number of aliphatic hydroxyl groups is 3. The van der Waals surface area contributed by atoms with Gasteiger partial charge in [0.1, 0.15) is 18.0 Å². The Morgan fingerprint density at radius 1 is 0.833 bits per heavy atom. The quantitative estimate of drug-likeness (QED) is 0.480. The van der Waals surface area contributed by atoms with Crippen LogP contribution in [0.1, 0.15) is 69.9 Å². The van der Waals surface area contributed by atoms with E-state index in [0.29, 0.717) is 18.4 Å². The molecule has 0 radical (unpaired) electrons. The molecule has 4 nitrogen and oxygen atoms in total. The maximum atomic E-state index is 12.4. The van der Waals surface area contributed by atoms with Crippen molar-refractivity contribution in [1.29, 1.82) is 0 Å². The molecule has 3 saturated carbocycles. The van der Waals surface area contributed by atoms with Gasteiger partial charge in [-0.25, -0.2) is 0 Å². The Morgan fingerprint density at radius 2 is 1.58 bits per heavy atom. The Kier molecular flexibility index (Phi) is 5.68. The van der Waals surface area contributed by atoms with Crippen LogP contribution in [0.25, 0.3) is 0 Å². The summed E-state index contributed by atoms with van der Waals surface area (Å²) < 4.78 is 5.97. The third-order valence-corrected chi connectivity index (χ3v) is 11.0. The molecule has 3 N–H and O–H groups in total. The molecule has 3 unspecified atom stereocenters. The summed E-state index contributed by atoms with van der Waals surface area (Å²) in [5, 5.41) is 34.8. The van der Waals surface area contributed by atoms with Crippen LogP contribution in [-0.2, 0) is 12.2 Å². The van der Waals surface area contributed by atoms with Gasteiger partial charge in [0.2, 0.25) is 0 Å². The maximum Gasteiger partial charge on any atom is 0.119 e. The first-order chi connectivity index (χ1) is 17.2. The molecular weight excluding hydrogens is 448 g/mol. The van der Waals surface area contributed by atoms with Crippen LogP contribution < -0.4 is 4.74 Å². The van der Waals surface area contributed by atoms with Crippen LogP contribution in [0.5, 0.6) is 5.75 Å². The van der Waals surface area contributed by atoms with E-state index in [4.69, 9.17) is 4.74 Å². The Labute approximate surface area is 215 Å². The van der Waals surface area contributed by atoms with Crippen LogP contribution in [0.15, 0.2) is 66.7 Å². The van der Waals surface area contributed by atoms with E-state index in [9.17, 15) is 15.3 Å². The molecule has 3 fully saturated rings. The molecule has 0 heterocycles. The fourth-order valence-corrected chi connectivity index (χ4v) is 8.68. The summed E-state index contributed by atoms with van der Waals surface area (Å²) in [6.07, 6.45) is 10.2. The van der Waals surface area contributed by atoms with E-state index in [-0.39, 0.29) is 17.4 Å². The molecule has 0 amide bonds. The van der Waals surface area contributed by atoms with Gasteiger partial charge in [-0.3, -0.25) is 0 Å².